The van der Waals surface area contributed by atoms with Crippen LogP contribution in [0.1, 0.15) is 44.6 Å². The van der Waals surface area contributed by atoms with E-state index >= 15 is 0 Å². The molecule has 14 nitrogen and oxygen atoms in total. The predicted molar refractivity (Wildman–Crippen MR) is 140 cm³/mol. The summed E-state index contributed by atoms with van der Waals surface area (Å²) in [4.78, 5) is 49.0. The Kier molecular flexibility index (Phi) is 13.2. The van der Waals surface area contributed by atoms with Crippen molar-refractivity contribution >= 4 is 23.9 Å². The molecule has 1 fully saturated rings. The molecule has 0 bridgehead atoms. The van der Waals surface area contributed by atoms with E-state index in [1.807, 2.05) is 30.3 Å². The minimum absolute atomic E-state index is 0.0234. The minimum Gasteiger partial charge on any atom is -0.465 e. The summed E-state index contributed by atoms with van der Waals surface area (Å²) in [5.74, 6) is -2.20. The van der Waals surface area contributed by atoms with Gasteiger partial charge in [0.25, 0.3) is 0 Å². The van der Waals surface area contributed by atoms with Crippen molar-refractivity contribution in [2.24, 2.45) is 5.73 Å². The van der Waals surface area contributed by atoms with Crippen LogP contribution in [-0.4, -0.2) is 95.6 Å². The van der Waals surface area contributed by atoms with Crippen LogP contribution < -0.4 is 21.7 Å². The van der Waals surface area contributed by atoms with E-state index in [4.69, 9.17) is 19.9 Å². The maximum Gasteiger partial charge on any atom is 0.407 e. The number of esters is 1. The molecule has 40 heavy (non-hydrogen) atoms. The number of carbonyl (C=O) groups is 4. The van der Waals surface area contributed by atoms with E-state index in [1.165, 1.54) is 6.92 Å². The third-order valence-electron chi connectivity index (χ3n) is 6.36. The van der Waals surface area contributed by atoms with Gasteiger partial charge < -0.3 is 51.2 Å². The molecule has 2 rings (SSSR count). The van der Waals surface area contributed by atoms with E-state index in [9.17, 15) is 34.5 Å². The molecule has 1 saturated heterocycles. The highest BCUT2D eigenvalue weighted by molar-refractivity contribution is 5.87. The van der Waals surface area contributed by atoms with Crippen molar-refractivity contribution in [1.82, 2.24) is 16.0 Å². The van der Waals surface area contributed by atoms with Crippen LogP contribution in [0.25, 0.3) is 0 Å². The number of nitrogens with one attached hydrogen (secondary N) is 3. The number of aliphatic hydroxyl groups is 3. The number of carbonyl (C=O) groups excluding carboxylic acids is 4. The van der Waals surface area contributed by atoms with E-state index in [2.05, 4.69) is 16.0 Å². The molecule has 1 aromatic carbocycles. The Morgan fingerprint density at radius 2 is 1.85 bits per heavy atom. The van der Waals surface area contributed by atoms with Crippen LogP contribution >= 0.6 is 0 Å². The third-order valence-corrected chi connectivity index (χ3v) is 6.36. The monoisotopic (exact) mass is 568 g/mol. The van der Waals surface area contributed by atoms with E-state index in [-0.39, 0.29) is 19.6 Å². The quantitative estimate of drug-likeness (QED) is 0.104. The van der Waals surface area contributed by atoms with E-state index in [1.54, 1.807) is 0 Å². The molecule has 6 atom stereocenters. The standard InChI is InChI=1S/C26H40N4O10/c1-16(31)29-21-18(32)13-26(24(36)38-2,40-23(21)22(35)19(33)14-27)30-20(34)11-7-4-8-12-28-25(37)39-15-17-9-5-3-6-10-17/h3,5-6,9-10,18-19,21-23,32-33,35H,4,7-8,11-15,27H2,1-2H3,(H,28,37)(H,29,31)(H,30,34)/t18?,19?,21?,22-,23?,26?/m0/s1. The molecule has 0 aliphatic carbocycles. The summed E-state index contributed by atoms with van der Waals surface area (Å²) in [5, 5.41) is 39.0. The molecule has 8 N–H and O–H groups in total. The average molecular weight is 569 g/mol. The first-order valence-electron chi connectivity index (χ1n) is 13.1. The molecular weight excluding hydrogens is 528 g/mol. The number of aliphatic hydroxyl groups excluding tert-OH is 3. The fourth-order valence-electron chi connectivity index (χ4n) is 4.32. The van der Waals surface area contributed by atoms with Gasteiger partial charge in [-0.05, 0) is 18.4 Å². The molecule has 0 spiro atoms. The summed E-state index contributed by atoms with van der Waals surface area (Å²) < 4.78 is 15.7. The number of unbranched alkanes of at least 4 members (excludes halogenated alkanes) is 2. The van der Waals surface area contributed by atoms with Crippen molar-refractivity contribution in [3.63, 3.8) is 0 Å². The number of ether oxygens (including phenoxy) is 3. The van der Waals surface area contributed by atoms with Gasteiger partial charge in [-0.2, -0.15) is 0 Å². The number of amides is 3. The number of hydrogen-bond donors (Lipinski definition) is 7. The van der Waals surface area contributed by atoms with Crippen molar-refractivity contribution in [3.8, 4) is 0 Å². The molecule has 1 aromatic rings. The lowest BCUT2D eigenvalue weighted by molar-refractivity contribution is -0.237. The Morgan fingerprint density at radius 1 is 1.15 bits per heavy atom. The molecule has 5 unspecified atom stereocenters. The topological polar surface area (TPSA) is 219 Å². The van der Waals surface area contributed by atoms with Crippen LogP contribution in [0.3, 0.4) is 0 Å². The first-order chi connectivity index (χ1) is 19.0. The summed E-state index contributed by atoms with van der Waals surface area (Å²) in [7, 11) is 1.06. The summed E-state index contributed by atoms with van der Waals surface area (Å²) >= 11 is 0. The molecule has 3 amide bonds. The number of methoxy groups -OCH3 is 1. The maximum absolute atomic E-state index is 12.8. The lowest BCUT2D eigenvalue weighted by Gasteiger charge is -2.47. The Balaban J connectivity index is 1.90. The predicted octanol–water partition coefficient (Wildman–Crippen LogP) is -1.21. The van der Waals surface area contributed by atoms with Crippen LogP contribution in [0.4, 0.5) is 4.79 Å². The van der Waals surface area contributed by atoms with Crippen molar-refractivity contribution in [2.75, 3.05) is 20.2 Å². The molecule has 0 aromatic heterocycles. The Bertz CT molecular complexity index is 981. The molecule has 0 radical (unpaired) electrons. The second kappa shape index (κ2) is 16.1. The summed E-state index contributed by atoms with van der Waals surface area (Å²) in [6.45, 7) is 1.30. The van der Waals surface area contributed by atoms with Crippen LogP contribution in [0, 0.1) is 0 Å². The lowest BCUT2D eigenvalue weighted by Crippen LogP contribution is -2.71. The van der Waals surface area contributed by atoms with Gasteiger partial charge in [0.2, 0.25) is 17.5 Å². The molecule has 1 aliphatic heterocycles. The lowest BCUT2D eigenvalue weighted by atomic mass is 9.87. The van der Waals surface area contributed by atoms with Gasteiger partial charge in [0.15, 0.2) is 0 Å². The van der Waals surface area contributed by atoms with Gasteiger partial charge in [-0.15, -0.1) is 0 Å². The summed E-state index contributed by atoms with van der Waals surface area (Å²) in [6, 6.07) is 8.03. The van der Waals surface area contributed by atoms with Gasteiger partial charge in [-0.3, -0.25) is 9.59 Å². The normalized spacial score (nSPS) is 23.8. The molecular formula is C26H40N4O10. The highest BCUT2D eigenvalue weighted by Crippen LogP contribution is 2.31. The molecule has 14 heteroatoms. The van der Waals surface area contributed by atoms with Gasteiger partial charge in [-0.25, -0.2) is 9.59 Å². The van der Waals surface area contributed by atoms with Crippen molar-refractivity contribution in [2.45, 2.75) is 81.8 Å². The highest BCUT2D eigenvalue weighted by Gasteiger charge is 2.55. The van der Waals surface area contributed by atoms with Gasteiger partial charge >= 0.3 is 12.1 Å². The molecule has 0 saturated carbocycles. The van der Waals surface area contributed by atoms with Gasteiger partial charge in [0, 0.05) is 32.9 Å². The van der Waals surface area contributed by atoms with Crippen molar-refractivity contribution < 1.29 is 48.7 Å². The Labute approximate surface area is 232 Å². The van der Waals surface area contributed by atoms with Crippen LogP contribution in [0.5, 0.6) is 0 Å². The van der Waals surface area contributed by atoms with E-state index in [0.29, 0.717) is 25.8 Å². The van der Waals surface area contributed by atoms with E-state index < -0.39 is 66.5 Å². The zero-order chi connectivity index (χ0) is 29.7. The third kappa shape index (κ3) is 9.71. The first kappa shape index (κ1) is 32.9. The number of hydrogen-bond acceptors (Lipinski definition) is 11. The van der Waals surface area contributed by atoms with Gasteiger partial charge in [0.05, 0.1) is 25.4 Å². The van der Waals surface area contributed by atoms with Crippen LogP contribution in [0.15, 0.2) is 30.3 Å². The SMILES string of the molecule is COC(=O)C1(NC(=O)CCCCCNC(=O)OCc2ccccc2)CC(O)C(NC(C)=O)C([C@@H](O)C(O)CN)O1. The van der Waals surface area contributed by atoms with Crippen molar-refractivity contribution in [3.05, 3.63) is 35.9 Å². The minimum atomic E-state index is -2.19. The highest BCUT2D eigenvalue weighted by atomic mass is 16.6. The molecule has 1 aliphatic rings. The Morgan fingerprint density at radius 3 is 2.48 bits per heavy atom. The van der Waals surface area contributed by atoms with Gasteiger partial charge in [-0.1, -0.05) is 36.8 Å². The Hall–Kier alpha value is -3.30. The molecule has 1 heterocycles. The number of rotatable bonds is 14. The zero-order valence-corrected chi connectivity index (χ0v) is 22.7. The smallest absolute Gasteiger partial charge is 0.407 e. The van der Waals surface area contributed by atoms with E-state index in [0.717, 1.165) is 12.7 Å². The first-order valence-corrected chi connectivity index (χ1v) is 13.1. The second-order valence-corrected chi connectivity index (χ2v) is 9.54. The zero-order valence-electron chi connectivity index (χ0n) is 22.7. The molecule has 224 valence electrons. The van der Waals surface area contributed by atoms with Gasteiger partial charge in [0.1, 0.15) is 18.8 Å². The fraction of sp³-hybridized carbons (Fsp3) is 0.615. The summed E-state index contributed by atoms with van der Waals surface area (Å²) in [5.41, 5.74) is 4.11. The van der Waals surface area contributed by atoms with Crippen molar-refractivity contribution in [1.29, 1.82) is 0 Å². The largest absolute Gasteiger partial charge is 0.465 e. The number of benzene rings is 1. The second-order valence-electron chi connectivity index (χ2n) is 9.54. The number of nitrogens with two attached hydrogens (primary N) is 1. The summed E-state index contributed by atoms with van der Waals surface area (Å²) in [6.07, 6.45) is -5.75. The van der Waals surface area contributed by atoms with Crippen LogP contribution in [-0.2, 0) is 35.2 Å². The van der Waals surface area contributed by atoms with Crippen LogP contribution in [0.2, 0.25) is 0 Å². The fourth-order valence-corrected chi connectivity index (χ4v) is 4.32. The number of alkyl carbamates (subject to hydrolysis) is 1. The maximum atomic E-state index is 12.8. The average Bonchev–Trinajstić information content (AvgIpc) is 2.94.